The van der Waals surface area contributed by atoms with E-state index in [1.165, 1.54) is 15.6 Å². The van der Waals surface area contributed by atoms with Gasteiger partial charge in [0.2, 0.25) is 0 Å². The molecule has 1 aromatic heterocycles. The van der Waals surface area contributed by atoms with Crippen molar-refractivity contribution in [2.24, 2.45) is 0 Å². The molecule has 0 radical (unpaired) electrons. The number of nitrogens with zero attached hydrogens (tertiary/aromatic N) is 2. The Morgan fingerprint density at radius 1 is 1.10 bits per heavy atom. The number of rotatable bonds is 4. The molecule has 2 aliphatic rings. The van der Waals surface area contributed by atoms with Gasteiger partial charge in [0.15, 0.2) is 0 Å². The Kier molecular flexibility index (Phi) is 5.29. The van der Waals surface area contributed by atoms with Crippen LogP contribution < -0.4 is 19.3 Å². The van der Waals surface area contributed by atoms with Gasteiger partial charge in [0.05, 0.1) is 18.5 Å². The maximum absolute atomic E-state index is 13.7. The highest BCUT2D eigenvalue weighted by Crippen LogP contribution is 2.44. The highest BCUT2D eigenvalue weighted by Gasteiger charge is 2.35. The summed E-state index contributed by atoms with van der Waals surface area (Å²) in [5.41, 5.74) is 3.54. The van der Waals surface area contributed by atoms with Crippen molar-refractivity contribution in [1.29, 1.82) is 0 Å². The van der Waals surface area contributed by atoms with Crippen LogP contribution >= 0.6 is 22.9 Å². The normalized spacial score (nSPS) is 16.7. The molecule has 3 heterocycles. The van der Waals surface area contributed by atoms with Crippen molar-refractivity contribution in [2.45, 2.75) is 17.6 Å². The number of piperazine rings is 1. The smallest absolute Gasteiger partial charge is 0.274 e. The molecule has 6 nitrogen and oxygen atoms in total. The van der Waals surface area contributed by atoms with Crippen molar-refractivity contribution in [2.75, 3.05) is 49.0 Å². The lowest BCUT2D eigenvalue weighted by atomic mass is 10.1. The Bertz CT molecular complexity index is 1270. The van der Waals surface area contributed by atoms with Gasteiger partial charge in [-0.3, -0.25) is 4.31 Å². The van der Waals surface area contributed by atoms with Crippen LogP contribution in [0, 0.1) is 6.92 Å². The molecule has 1 saturated heterocycles. The molecule has 164 valence electrons. The van der Waals surface area contributed by atoms with Gasteiger partial charge < -0.3 is 15.0 Å². The molecule has 0 saturated carbocycles. The van der Waals surface area contributed by atoms with E-state index in [1.54, 1.807) is 13.2 Å². The molecule has 31 heavy (non-hydrogen) atoms. The Hall–Kier alpha value is -2.00. The minimum atomic E-state index is -3.69. The molecule has 1 N–H and O–H groups in total. The zero-order valence-corrected chi connectivity index (χ0v) is 19.8. The molecule has 0 aliphatic carbocycles. The van der Waals surface area contributed by atoms with Crippen LogP contribution in [0.25, 0.3) is 10.1 Å². The summed E-state index contributed by atoms with van der Waals surface area (Å²) in [6.45, 7) is 5.95. The monoisotopic (exact) mass is 477 g/mol. The van der Waals surface area contributed by atoms with Crippen LogP contribution in [0.4, 0.5) is 11.4 Å². The molecule has 0 atom stereocenters. The molecule has 0 spiro atoms. The van der Waals surface area contributed by atoms with Gasteiger partial charge in [-0.05, 0) is 54.1 Å². The van der Waals surface area contributed by atoms with E-state index in [9.17, 15) is 8.42 Å². The number of ether oxygens (including phenoxy) is 1. The number of fused-ring (bicyclic) bond motifs is 2. The number of hydrogen-bond acceptors (Lipinski definition) is 6. The molecule has 1 fully saturated rings. The van der Waals surface area contributed by atoms with Crippen molar-refractivity contribution in [3.63, 3.8) is 0 Å². The number of hydrogen-bond donors (Lipinski definition) is 1. The molecule has 0 unspecified atom stereocenters. The molecule has 2 aliphatic heterocycles. The molecule has 9 heteroatoms. The standard InChI is InChI=1S/C22H24ClN3O3S2/c1-14-17-12-16(23)3-4-21(17)30-22(14)31(27,28)26-8-5-15-11-19(20(29-2)13-18(15)26)25-9-6-24-7-10-25/h3-4,11-13,24H,5-10H2,1-2H3. The lowest BCUT2D eigenvalue weighted by Crippen LogP contribution is -2.43. The Morgan fingerprint density at radius 3 is 2.61 bits per heavy atom. The fraction of sp³-hybridized carbons (Fsp3) is 0.364. The van der Waals surface area contributed by atoms with Crippen molar-refractivity contribution < 1.29 is 13.2 Å². The van der Waals surface area contributed by atoms with E-state index in [-0.39, 0.29) is 0 Å². The van der Waals surface area contributed by atoms with Gasteiger partial charge in [-0.2, -0.15) is 0 Å². The molecule has 0 bridgehead atoms. The Morgan fingerprint density at radius 2 is 1.87 bits per heavy atom. The van der Waals surface area contributed by atoms with Crippen molar-refractivity contribution >= 4 is 54.4 Å². The first-order chi connectivity index (χ1) is 14.9. The van der Waals surface area contributed by atoms with Crippen molar-refractivity contribution in [3.05, 3.63) is 46.5 Å². The fourth-order valence-electron chi connectivity index (χ4n) is 4.46. The summed E-state index contributed by atoms with van der Waals surface area (Å²) in [6, 6.07) is 9.50. The predicted octanol–water partition coefficient (Wildman–Crippen LogP) is 4.03. The minimum absolute atomic E-state index is 0.378. The quantitative estimate of drug-likeness (QED) is 0.614. The predicted molar refractivity (Wildman–Crippen MR) is 128 cm³/mol. The summed E-state index contributed by atoms with van der Waals surface area (Å²) in [5, 5.41) is 4.86. The number of thiophene rings is 1. The van der Waals surface area contributed by atoms with Gasteiger partial charge in [-0.25, -0.2) is 8.42 Å². The summed E-state index contributed by atoms with van der Waals surface area (Å²) in [6.07, 6.45) is 0.688. The number of halogens is 1. The van der Waals surface area contributed by atoms with Crippen LogP contribution in [0.5, 0.6) is 5.75 Å². The highest BCUT2D eigenvalue weighted by atomic mass is 35.5. The first kappa shape index (κ1) is 20.9. The lowest BCUT2D eigenvalue weighted by molar-refractivity contribution is 0.413. The van der Waals surface area contributed by atoms with Gasteiger partial charge in [0, 0.05) is 48.5 Å². The molecule has 5 rings (SSSR count). The van der Waals surface area contributed by atoms with E-state index in [2.05, 4.69) is 16.3 Å². The van der Waals surface area contributed by atoms with E-state index >= 15 is 0 Å². The van der Waals surface area contributed by atoms with Gasteiger partial charge >= 0.3 is 0 Å². The number of sulfonamides is 1. The first-order valence-corrected chi connectivity index (χ1v) is 12.9. The number of anilines is 2. The second-order valence-electron chi connectivity index (χ2n) is 7.87. The Balaban J connectivity index is 1.57. The van der Waals surface area contributed by atoms with Gasteiger partial charge in [0.1, 0.15) is 9.96 Å². The zero-order valence-electron chi connectivity index (χ0n) is 17.4. The van der Waals surface area contributed by atoms with Crippen LogP contribution in [0.15, 0.2) is 34.5 Å². The summed E-state index contributed by atoms with van der Waals surface area (Å²) >= 11 is 7.45. The molecular weight excluding hydrogens is 454 g/mol. The third kappa shape index (κ3) is 3.46. The average Bonchev–Trinajstić information content (AvgIpc) is 3.35. The zero-order chi connectivity index (χ0) is 21.8. The maximum Gasteiger partial charge on any atom is 0.274 e. The molecule has 3 aromatic rings. The lowest BCUT2D eigenvalue weighted by Gasteiger charge is -2.31. The molecular formula is C22H24ClN3O3S2. The largest absolute Gasteiger partial charge is 0.495 e. The second kappa shape index (κ2) is 7.85. The van der Waals surface area contributed by atoms with Crippen molar-refractivity contribution in [1.82, 2.24) is 5.32 Å². The van der Waals surface area contributed by atoms with Crippen LogP contribution in [-0.2, 0) is 16.4 Å². The molecule has 0 amide bonds. The number of benzene rings is 2. The van der Waals surface area contributed by atoms with E-state index in [4.69, 9.17) is 16.3 Å². The van der Waals surface area contributed by atoms with E-state index < -0.39 is 10.0 Å². The third-order valence-electron chi connectivity index (χ3n) is 6.07. The van der Waals surface area contributed by atoms with Gasteiger partial charge in [0.25, 0.3) is 10.0 Å². The number of methoxy groups -OCH3 is 1. The van der Waals surface area contributed by atoms with Crippen LogP contribution in [0.1, 0.15) is 11.1 Å². The second-order valence-corrected chi connectivity index (χ2v) is 11.4. The van der Waals surface area contributed by atoms with Crippen molar-refractivity contribution in [3.8, 4) is 5.75 Å². The van der Waals surface area contributed by atoms with E-state index in [0.29, 0.717) is 33.6 Å². The first-order valence-electron chi connectivity index (χ1n) is 10.3. The van der Waals surface area contributed by atoms with Crippen LogP contribution in [-0.4, -0.2) is 48.3 Å². The van der Waals surface area contributed by atoms with Crippen LogP contribution in [0.2, 0.25) is 5.02 Å². The average molecular weight is 478 g/mol. The topological polar surface area (TPSA) is 61.9 Å². The van der Waals surface area contributed by atoms with Crippen LogP contribution in [0.3, 0.4) is 0 Å². The SMILES string of the molecule is COc1cc2c(cc1N1CCNCC1)CCN2S(=O)(=O)c1sc2ccc(Cl)cc2c1C. The number of aryl methyl sites for hydroxylation is 1. The summed E-state index contributed by atoms with van der Waals surface area (Å²) in [4.78, 5) is 2.30. The summed E-state index contributed by atoms with van der Waals surface area (Å²) in [7, 11) is -2.05. The maximum atomic E-state index is 13.7. The third-order valence-corrected chi connectivity index (χ3v) is 9.99. The van der Waals surface area contributed by atoms with E-state index in [0.717, 1.165) is 53.1 Å². The summed E-state index contributed by atoms with van der Waals surface area (Å²) in [5.74, 6) is 0.711. The Labute approximate surface area is 191 Å². The highest BCUT2D eigenvalue weighted by molar-refractivity contribution is 7.95. The molecule has 2 aromatic carbocycles. The van der Waals surface area contributed by atoms with Gasteiger partial charge in [-0.1, -0.05) is 11.6 Å². The van der Waals surface area contributed by atoms with Gasteiger partial charge in [-0.15, -0.1) is 11.3 Å². The number of nitrogens with one attached hydrogen (secondary N) is 1. The minimum Gasteiger partial charge on any atom is -0.495 e. The van der Waals surface area contributed by atoms with E-state index in [1.807, 2.05) is 25.1 Å². The summed E-state index contributed by atoms with van der Waals surface area (Å²) < 4.78 is 35.9. The fourth-order valence-corrected chi connectivity index (χ4v) is 7.97.